The summed E-state index contributed by atoms with van der Waals surface area (Å²) >= 11 is 0. The van der Waals surface area contributed by atoms with Crippen molar-refractivity contribution in [1.82, 2.24) is 4.90 Å². The quantitative estimate of drug-likeness (QED) is 0.581. The third-order valence-corrected chi connectivity index (χ3v) is 2.94. The number of halogens is 1. The third kappa shape index (κ3) is 2.70. The van der Waals surface area contributed by atoms with Crippen molar-refractivity contribution in [3.8, 4) is 0 Å². The second-order valence-corrected chi connectivity index (χ2v) is 4.19. The summed E-state index contributed by atoms with van der Waals surface area (Å²) in [5, 5.41) is 0. The maximum Gasteiger partial charge on any atom is 0.294 e. The average Bonchev–Trinajstić information content (AvgIpc) is 2.39. The Balaban J connectivity index is 2.08. The molecule has 0 radical (unpaired) electrons. The van der Waals surface area contributed by atoms with Gasteiger partial charge in [-0.05, 0) is 43.5 Å². The van der Waals surface area contributed by atoms with Gasteiger partial charge in [0.2, 0.25) is 5.78 Å². The van der Waals surface area contributed by atoms with Gasteiger partial charge in [-0.1, -0.05) is 0 Å². The molecule has 1 amide bonds. The van der Waals surface area contributed by atoms with Gasteiger partial charge in [-0.3, -0.25) is 9.59 Å². The van der Waals surface area contributed by atoms with Gasteiger partial charge in [-0.25, -0.2) is 4.39 Å². The highest BCUT2D eigenvalue weighted by molar-refractivity contribution is 6.42. The van der Waals surface area contributed by atoms with Crippen LogP contribution in [0.1, 0.15) is 29.6 Å². The molecule has 90 valence electrons. The smallest absolute Gasteiger partial charge is 0.294 e. The molecule has 0 bridgehead atoms. The Labute approximate surface area is 99.2 Å². The van der Waals surface area contributed by atoms with Gasteiger partial charge in [0.25, 0.3) is 5.91 Å². The zero-order valence-corrected chi connectivity index (χ0v) is 9.49. The molecule has 0 spiro atoms. The Morgan fingerprint density at radius 1 is 1.00 bits per heavy atom. The summed E-state index contributed by atoms with van der Waals surface area (Å²) in [6, 6.07) is 5.08. The average molecular weight is 235 g/mol. The van der Waals surface area contributed by atoms with Crippen LogP contribution in [0.25, 0.3) is 0 Å². The molecular weight excluding hydrogens is 221 g/mol. The Hall–Kier alpha value is -1.71. The molecule has 0 saturated carbocycles. The zero-order valence-electron chi connectivity index (χ0n) is 9.49. The van der Waals surface area contributed by atoms with Crippen molar-refractivity contribution in [2.75, 3.05) is 13.1 Å². The van der Waals surface area contributed by atoms with Crippen molar-refractivity contribution in [2.24, 2.45) is 0 Å². The lowest BCUT2D eigenvalue weighted by Crippen LogP contribution is -2.40. The Morgan fingerprint density at radius 2 is 1.59 bits per heavy atom. The van der Waals surface area contributed by atoms with Gasteiger partial charge >= 0.3 is 0 Å². The van der Waals surface area contributed by atoms with Crippen molar-refractivity contribution in [2.45, 2.75) is 19.3 Å². The molecule has 1 heterocycles. The fraction of sp³-hybridized carbons (Fsp3) is 0.385. The molecule has 1 aliphatic heterocycles. The van der Waals surface area contributed by atoms with Crippen LogP contribution < -0.4 is 0 Å². The predicted molar refractivity (Wildman–Crippen MR) is 61.2 cm³/mol. The lowest BCUT2D eigenvalue weighted by molar-refractivity contribution is -0.127. The molecule has 1 fully saturated rings. The van der Waals surface area contributed by atoms with Crippen molar-refractivity contribution in [3.63, 3.8) is 0 Å². The topological polar surface area (TPSA) is 37.4 Å². The molecule has 0 atom stereocenters. The predicted octanol–water partition coefficient (Wildman–Crippen LogP) is 2.02. The van der Waals surface area contributed by atoms with Crippen LogP contribution in [0, 0.1) is 5.82 Å². The number of hydrogen-bond acceptors (Lipinski definition) is 2. The van der Waals surface area contributed by atoms with Crippen molar-refractivity contribution in [1.29, 1.82) is 0 Å². The minimum absolute atomic E-state index is 0.252. The second kappa shape index (κ2) is 5.08. The van der Waals surface area contributed by atoms with Crippen LogP contribution in [0.4, 0.5) is 4.39 Å². The van der Waals surface area contributed by atoms with Gasteiger partial charge in [0.05, 0.1) is 0 Å². The molecule has 1 aromatic rings. The van der Waals surface area contributed by atoms with Crippen LogP contribution in [0.2, 0.25) is 0 Å². The molecule has 3 nitrogen and oxygen atoms in total. The number of likely N-dealkylation sites (tertiary alicyclic amines) is 1. The molecule has 4 heteroatoms. The minimum atomic E-state index is -0.549. The van der Waals surface area contributed by atoms with Gasteiger partial charge in [-0.15, -0.1) is 0 Å². The Kier molecular flexibility index (Phi) is 3.52. The molecule has 0 N–H and O–H groups in total. The fourth-order valence-corrected chi connectivity index (χ4v) is 1.97. The van der Waals surface area contributed by atoms with Gasteiger partial charge in [0.15, 0.2) is 0 Å². The third-order valence-electron chi connectivity index (χ3n) is 2.94. The molecule has 0 unspecified atom stereocenters. The van der Waals surface area contributed by atoms with Crippen LogP contribution in [-0.4, -0.2) is 29.7 Å². The number of hydrogen-bond donors (Lipinski definition) is 0. The highest BCUT2D eigenvalue weighted by Gasteiger charge is 2.24. The maximum absolute atomic E-state index is 12.7. The Bertz CT molecular complexity index is 422. The SMILES string of the molecule is O=C(C(=O)N1CCCCC1)c1ccc(F)cc1. The zero-order chi connectivity index (χ0) is 12.3. The second-order valence-electron chi connectivity index (χ2n) is 4.19. The van der Waals surface area contributed by atoms with Crippen LogP contribution in [0.15, 0.2) is 24.3 Å². The molecule has 2 rings (SSSR count). The number of rotatable bonds is 2. The van der Waals surface area contributed by atoms with Crippen LogP contribution >= 0.6 is 0 Å². The van der Waals surface area contributed by atoms with Crippen molar-refractivity contribution >= 4 is 11.7 Å². The molecule has 0 aromatic heterocycles. The minimum Gasteiger partial charge on any atom is -0.336 e. The van der Waals surface area contributed by atoms with E-state index in [1.807, 2.05) is 0 Å². The van der Waals surface area contributed by atoms with E-state index in [4.69, 9.17) is 0 Å². The standard InChI is InChI=1S/C13H14FNO2/c14-11-6-4-10(5-7-11)12(16)13(17)15-8-2-1-3-9-15/h4-7H,1-3,8-9H2. The molecule has 17 heavy (non-hydrogen) atoms. The maximum atomic E-state index is 12.7. The highest BCUT2D eigenvalue weighted by Crippen LogP contribution is 2.11. The molecule has 1 aromatic carbocycles. The van der Waals surface area contributed by atoms with Gasteiger partial charge in [-0.2, -0.15) is 0 Å². The van der Waals surface area contributed by atoms with E-state index in [9.17, 15) is 14.0 Å². The molecule has 1 saturated heterocycles. The van der Waals surface area contributed by atoms with E-state index in [2.05, 4.69) is 0 Å². The normalized spacial score (nSPS) is 15.7. The number of ketones is 1. The lowest BCUT2D eigenvalue weighted by Gasteiger charge is -2.25. The summed E-state index contributed by atoms with van der Waals surface area (Å²) in [7, 11) is 0. The molecular formula is C13H14FNO2. The summed E-state index contributed by atoms with van der Waals surface area (Å²) in [5.74, 6) is -1.44. The fourth-order valence-electron chi connectivity index (χ4n) is 1.97. The first-order chi connectivity index (χ1) is 8.18. The molecule has 0 aliphatic carbocycles. The number of piperidine rings is 1. The van der Waals surface area contributed by atoms with Crippen molar-refractivity contribution in [3.05, 3.63) is 35.6 Å². The molecule has 1 aliphatic rings. The van der Waals surface area contributed by atoms with Gasteiger partial charge < -0.3 is 4.90 Å². The van der Waals surface area contributed by atoms with E-state index in [1.165, 1.54) is 24.3 Å². The number of nitrogens with zero attached hydrogens (tertiary/aromatic N) is 1. The summed E-state index contributed by atoms with van der Waals surface area (Å²) in [5.41, 5.74) is 0.252. The van der Waals surface area contributed by atoms with Crippen LogP contribution in [0.3, 0.4) is 0 Å². The largest absolute Gasteiger partial charge is 0.336 e. The van der Waals surface area contributed by atoms with E-state index >= 15 is 0 Å². The van der Waals surface area contributed by atoms with E-state index < -0.39 is 17.5 Å². The number of benzene rings is 1. The van der Waals surface area contributed by atoms with E-state index in [-0.39, 0.29) is 5.56 Å². The van der Waals surface area contributed by atoms with E-state index in [1.54, 1.807) is 4.90 Å². The first-order valence-electron chi connectivity index (χ1n) is 5.77. The lowest BCUT2D eigenvalue weighted by atomic mass is 10.1. The van der Waals surface area contributed by atoms with E-state index in [0.29, 0.717) is 13.1 Å². The van der Waals surface area contributed by atoms with Crippen LogP contribution in [0.5, 0.6) is 0 Å². The van der Waals surface area contributed by atoms with Crippen LogP contribution in [-0.2, 0) is 4.79 Å². The summed E-state index contributed by atoms with van der Waals surface area (Å²) in [4.78, 5) is 25.3. The summed E-state index contributed by atoms with van der Waals surface area (Å²) in [6.45, 7) is 1.29. The first kappa shape index (κ1) is 11.8. The number of Topliss-reactive ketones (excluding diaryl/α,β-unsaturated/α-hetero) is 1. The van der Waals surface area contributed by atoms with Crippen molar-refractivity contribution < 1.29 is 14.0 Å². The number of carbonyl (C=O) groups is 2. The first-order valence-corrected chi connectivity index (χ1v) is 5.77. The summed E-state index contributed by atoms with van der Waals surface area (Å²) < 4.78 is 12.7. The highest BCUT2D eigenvalue weighted by atomic mass is 19.1. The summed E-state index contributed by atoms with van der Waals surface area (Å²) in [6.07, 6.45) is 3.00. The monoisotopic (exact) mass is 235 g/mol. The number of amides is 1. The van der Waals surface area contributed by atoms with Gasteiger partial charge in [0.1, 0.15) is 5.82 Å². The number of carbonyl (C=O) groups excluding carboxylic acids is 2. The Morgan fingerprint density at radius 3 is 2.18 bits per heavy atom. The van der Waals surface area contributed by atoms with E-state index in [0.717, 1.165) is 19.3 Å². The van der Waals surface area contributed by atoms with Gasteiger partial charge in [0, 0.05) is 18.7 Å².